The third-order valence-electron chi connectivity index (χ3n) is 9.09. The van der Waals surface area contributed by atoms with Gasteiger partial charge in [0.1, 0.15) is 0 Å². The molecule has 45 heavy (non-hydrogen) atoms. The number of aliphatic hydroxyl groups is 1. The Labute approximate surface area is 269 Å². The van der Waals surface area contributed by atoms with E-state index in [0.717, 1.165) is 40.2 Å². The predicted molar refractivity (Wildman–Crippen MR) is 174 cm³/mol. The van der Waals surface area contributed by atoms with Gasteiger partial charge in [-0.1, -0.05) is 62.4 Å². The molecule has 6 atom stereocenters. The molecule has 3 heterocycles. The zero-order chi connectivity index (χ0) is 31.7. The quantitative estimate of drug-likeness (QED) is 0.235. The van der Waals surface area contributed by atoms with Gasteiger partial charge in [-0.05, 0) is 55.4 Å². The van der Waals surface area contributed by atoms with Gasteiger partial charge in [-0.3, -0.25) is 4.79 Å². The third kappa shape index (κ3) is 7.52. The summed E-state index contributed by atoms with van der Waals surface area (Å²) in [6.07, 6.45) is 2.05. The lowest BCUT2D eigenvalue weighted by Gasteiger charge is -2.32. The standard InChI is InChI=1S/C33H44N4O6S2/c1-20(2)17-37(45(40,41)24-11-12-27-30(16-24)44-33(36-27)34-23-9-10-23)18-29(38)28(15-22-7-5-4-6-8-22)35-31(39)21(3)26-19-43-32-25(26)13-14-42-32/h4-8,11-12,16,20-21,23,25-26,28-29,32,38H,9-10,13-15,17-19H2,1-3H3,(H,34,36)(H,35,39)/t21-,25-,26+,28-,29+,32+/m0/s1. The van der Waals surface area contributed by atoms with Gasteiger partial charge in [0.15, 0.2) is 11.4 Å². The largest absolute Gasteiger partial charge is 0.390 e. The molecule has 3 fully saturated rings. The highest BCUT2D eigenvalue weighted by atomic mass is 32.2. The molecular weight excluding hydrogens is 613 g/mol. The van der Waals surface area contributed by atoms with E-state index in [2.05, 4.69) is 15.6 Å². The van der Waals surface area contributed by atoms with Crippen molar-refractivity contribution in [1.82, 2.24) is 14.6 Å². The number of fused-ring (bicyclic) bond motifs is 2. The maximum absolute atomic E-state index is 14.1. The van der Waals surface area contributed by atoms with Crippen molar-refractivity contribution in [2.75, 3.05) is 31.6 Å². The zero-order valence-electron chi connectivity index (χ0n) is 26.1. The van der Waals surface area contributed by atoms with Gasteiger partial charge in [-0.2, -0.15) is 4.31 Å². The molecule has 3 N–H and O–H groups in total. The first kappa shape index (κ1) is 32.3. The summed E-state index contributed by atoms with van der Waals surface area (Å²) in [5.41, 5.74) is 1.69. The number of rotatable bonds is 14. The molecular formula is C33H44N4O6S2. The van der Waals surface area contributed by atoms with Gasteiger partial charge in [0.05, 0.1) is 40.5 Å². The van der Waals surface area contributed by atoms with Gasteiger partial charge in [0, 0.05) is 36.9 Å². The van der Waals surface area contributed by atoms with Gasteiger partial charge < -0.3 is 25.2 Å². The van der Waals surface area contributed by atoms with Crippen LogP contribution >= 0.6 is 11.3 Å². The Kier molecular flexibility index (Phi) is 9.79. The Morgan fingerprint density at radius 2 is 1.87 bits per heavy atom. The van der Waals surface area contributed by atoms with Crippen LogP contribution in [-0.2, 0) is 30.7 Å². The van der Waals surface area contributed by atoms with Gasteiger partial charge in [0.2, 0.25) is 15.9 Å². The van der Waals surface area contributed by atoms with Crippen LogP contribution in [0, 0.1) is 23.7 Å². The number of carbonyl (C=O) groups is 1. The first-order chi connectivity index (χ1) is 21.6. The molecule has 0 unspecified atom stereocenters. The number of thiazole rings is 1. The maximum atomic E-state index is 14.1. The van der Waals surface area contributed by atoms with Crippen molar-refractivity contribution in [3.8, 4) is 0 Å². The monoisotopic (exact) mass is 656 g/mol. The predicted octanol–water partition coefficient (Wildman–Crippen LogP) is 4.25. The van der Waals surface area contributed by atoms with Crippen LogP contribution in [0.4, 0.5) is 5.13 Å². The van der Waals surface area contributed by atoms with Crippen LogP contribution in [0.2, 0.25) is 0 Å². The minimum absolute atomic E-state index is 0.0135. The van der Waals surface area contributed by atoms with Crippen LogP contribution < -0.4 is 10.6 Å². The highest BCUT2D eigenvalue weighted by Gasteiger charge is 2.46. The number of nitrogens with one attached hydrogen (secondary N) is 2. The molecule has 244 valence electrons. The molecule has 10 nitrogen and oxygen atoms in total. The lowest BCUT2D eigenvalue weighted by Crippen LogP contribution is -2.52. The normalized spacial score (nSPS) is 23.7. The topological polar surface area (TPSA) is 130 Å². The Morgan fingerprint density at radius 1 is 1.09 bits per heavy atom. The smallest absolute Gasteiger partial charge is 0.243 e. The molecule has 3 aromatic rings. The van der Waals surface area contributed by atoms with Crippen molar-refractivity contribution >= 4 is 42.6 Å². The molecule has 2 saturated heterocycles. The number of nitrogens with zero attached hydrogens (tertiary/aromatic N) is 2. The SMILES string of the molecule is CC(C)CN(C[C@@H](O)[C@H](Cc1ccccc1)NC(=O)[C@@H](C)[C@H]1CO[C@H]2OCC[C@H]21)S(=O)(=O)c1ccc2nc(NC3CC3)sc2c1. The fourth-order valence-corrected chi connectivity index (χ4v) is 9.07. The number of carbonyl (C=O) groups excluding carboxylic acids is 1. The molecule has 3 aliphatic rings. The van der Waals surface area contributed by atoms with E-state index in [1.54, 1.807) is 18.2 Å². The van der Waals surface area contributed by atoms with Crippen LogP contribution in [0.25, 0.3) is 10.2 Å². The number of hydrogen-bond acceptors (Lipinski definition) is 9. The van der Waals surface area contributed by atoms with Crippen LogP contribution in [0.15, 0.2) is 53.4 Å². The molecule has 1 aliphatic carbocycles. The van der Waals surface area contributed by atoms with E-state index < -0.39 is 22.2 Å². The van der Waals surface area contributed by atoms with Crippen molar-refractivity contribution in [2.45, 2.75) is 75.8 Å². The minimum Gasteiger partial charge on any atom is -0.390 e. The summed E-state index contributed by atoms with van der Waals surface area (Å²) in [5, 5.41) is 19.0. The Morgan fingerprint density at radius 3 is 2.60 bits per heavy atom. The Hall–Kier alpha value is -2.61. The first-order valence-electron chi connectivity index (χ1n) is 16.0. The summed E-state index contributed by atoms with van der Waals surface area (Å²) < 4.78 is 41.8. The second kappa shape index (κ2) is 13.6. The van der Waals surface area contributed by atoms with E-state index in [1.165, 1.54) is 15.6 Å². The molecule has 1 saturated carbocycles. The van der Waals surface area contributed by atoms with Crippen LogP contribution in [0.3, 0.4) is 0 Å². The molecule has 12 heteroatoms. The highest BCUT2D eigenvalue weighted by Crippen LogP contribution is 2.39. The first-order valence-corrected chi connectivity index (χ1v) is 18.3. The van der Waals surface area contributed by atoms with E-state index in [-0.39, 0.29) is 53.9 Å². The summed E-state index contributed by atoms with van der Waals surface area (Å²) >= 11 is 1.45. The van der Waals surface area contributed by atoms with Gasteiger partial charge in [0.25, 0.3) is 0 Å². The van der Waals surface area contributed by atoms with E-state index in [9.17, 15) is 18.3 Å². The van der Waals surface area contributed by atoms with Gasteiger partial charge in [-0.25, -0.2) is 13.4 Å². The Balaban J connectivity index is 1.21. The molecule has 1 aromatic heterocycles. The van der Waals surface area contributed by atoms with Crippen molar-refractivity contribution in [3.63, 3.8) is 0 Å². The summed E-state index contributed by atoms with van der Waals surface area (Å²) in [6.45, 7) is 6.94. The van der Waals surface area contributed by atoms with Crippen LogP contribution in [0.1, 0.15) is 45.6 Å². The molecule has 2 aromatic carbocycles. The number of benzene rings is 2. The van der Waals surface area contributed by atoms with Gasteiger partial charge >= 0.3 is 0 Å². The van der Waals surface area contributed by atoms with E-state index in [4.69, 9.17) is 9.47 Å². The summed E-state index contributed by atoms with van der Waals surface area (Å²) in [4.78, 5) is 18.4. The van der Waals surface area contributed by atoms with Crippen molar-refractivity contribution in [2.24, 2.45) is 23.7 Å². The second-order valence-electron chi connectivity index (χ2n) is 13.1. The third-order valence-corrected chi connectivity index (χ3v) is 11.9. The minimum atomic E-state index is -3.97. The summed E-state index contributed by atoms with van der Waals surface area (Å²) in [5.74, 6) is -0.328. The van der Waals surface area contributed by atoms with Crippen LogP contribution in [-0.4, -0.2) is 79.5 Å². The van der Waals surface area contributed by atoms with E-state index in [1.807, 2.05) is 51.1 Å². The molecule has 0 bridgehead atoms. The fraction of sp³-hybridized carbons (Fsp3) is 0.576. The number of amides is 1. The van der Waals surface area contributed by atoms with Crippen LogP contribution in [0.5, 0.6) is 0 Å². The average molecular weight is 657 g/mol. The number of ether oxygens (including phenoxy) is 2. The maximum Gasteiger partial charge on any atom is 0.243 e. The molecule has 2 aliphatic heterocycles. The van der Waals surface area contributed by atoms with Crippen molar-refractivity contribution in [3.05, 3.63) is 54.1 Å². The van der Waals surface area contributed by atoms with E-state index >= 15 is 0 Å². The highest BCUT2D eigenvalue weighted by molar-refractivity contribution is 7.89. The molecule has 6 rings (SSSR count). The number of anilines is 1. The molecule has 0 radical (unpaired) electrons. The number of hydrogen-bond donors (Lipinski definition) is 3. The molecule has 1 amide bonds. The fourth-order valence-electron chi connectivity index (χ4n) is 6.36. The number of aliphatic hydroxyl groups excluding tert-OH is 1. The molecule has 0 spiro atoms. The lowest BCUT2D eigenvalue weighted by atomic mass is 9.82. The average Bonchev–Trinajstić information content (AvgIpc) is 3.36. The van der Waals surface area contributed by atoms with Crippen molar-refractivity contribution in [1.29, 1.82) is 0 Å². The summed E-state index contributed by atoms with van der Waals surface area (Å²) in [7, 11) is -3.97. The van der Waals surface area contributed by atoms with Gasteiger partial charge in [-0.15, -0.1) is 0 Å². The second-order valence-corrected chi connectivity index (χ2v) is 16.1. The Bertz CT molecular complexity index is 1580. The lowest BCUT2D eigenvalue weighted by molar-refractivity contribution is -0.128. The van der Waals surface area contributed by atoms with Crippen molar-refractivity contribution < 1.29 is 27.8 Å². The number of sulfonamides is 1. The van der Waals surface area contributed by atoms with E-state index in [0.29, 0.717) is 25.7 Å². The summed E-state index contributed by atoms with van der Waals surface area (Å²) in [6, 6.07) is 14.4. The number of aromatic nitrogens is 1. The zero-order valence-corrected chi connectivity index (χ0v) is 27.7.